The maximum atomic E-state index is 5.88. The quantitative estimate of drug-likeness (QED) is 0.931. The molecule has 2 rings (SSSR count). The van der Waals surface area contributed by atoms with Gasteiger partial charge in [0.25, 0.3) is 0 Å². The van der Waals surface area contributed by atoms with E-state index < -0.39 is 0 Å². The fraction of sp³-hybridized carbons (Fsp3) is 0.300. The summed E-state index contributed by atoms with van der Waals surface area (Å²) in [5.41, 5.74) is 2.47. The summed E-state index contributed by atoms with van der Waals surface area (Å²) in [6.45, 7) is 4.28. The monoisotopic (exact) mass is 272 g/mol. The lowest BCUT2D eigenvalue weighted by Crippen LogP contribution is -2.03. The molecule has 0 bridgehead atoms. The van der Waals surface area contributed by atoms with Crippen molar-refractivity contribution in [1.29, 1.82) is 0 Å². The van der Waals surface area contributed by atoms with Gasteiger partial charge in [-0.05, 0) is 13.8 Å². The molecular weight excluding hydrogens is 263 g/mol. The van der Waals surface area contributed by atoms with Crippen molar-refractivity contribution < 1.29 is 4.52 Å². The van der Waals surface area contributed by atoms with Gasteiger partial charge < -0.3 is 9.84 Å². The molecule has 5 nitrogen and oxygen atoms in total. The largest absolute Gasteiger partial charge is 0.378 e. The van der Waals surface area contributed by atoms with Gasteiger partial charge in [-0.15, -0.1) is 10.2 Å². The summed E-state index contributed by atoms with van der Waals surface area (Å²) in [7, 11) is 0. The number of anilines is 1. The van der Waals surface area contributed by atoms with Crippen molar-refractivity contribution in [3.63, 3.8) is 0 Å². The zero-order chi connectivity index (χ0) is 12.4. The van der Waals surface area contributed by atoms with E-state index in [0.717, 1.165) is 17.0 Å². The van der Waals surface area contributed by atoms with Crippen LogP contribution in [0.2, 0.25) is 10.3 Å². The molecule has 0 spiro atoms. The lowest BCUT2D eigenvalue weighted by atomic mass is 10.2. The lowest BCUT2D eigenvalue weighted by Gasteiger charge is -2.06. The molecule has 0 aliphatic carbocycles. The van der Waals surface area contributed by atoms with E-state index in [-0.39, 0.29) is 10.3 Å². The summed E-state index contributed by atoms with van der Waals surface area (Å²) >= 11 is 11.6. The number of hydrogen-bond donors (Lipinski definition) is 1. The number of aryl methyl sites for hydroxylation is 2. The Balaban J connectivity index is 2.15. The molecule has 0 amide bonds. The third kappa shape index (κ3) is 2.68. The molecule has 7 heteroatoms. The highest BCUT2D eigenvalue weighted by Gasteiger charge is 2.10. The molecule has 2 heterocycles. The number of hydrogen-bond acceptors (Lipinski definition) is 5. The third-order valence-electron chi connectivity index (χ3n) is 2.36. The Hall–Kier alpha value is -1.33. The SMILES string of the molecule is Cc1noc(C)c1CNc1cc(Cl)nnc1Cl. The van der Waals surface area contributed by atoms with Gasteiger partial charge in [0.1, 0.15) is 5.76 Å². The molecule has 1 N–H and O–H groups in total. The van der Waals surface area contributed by atoms with E-state index in [4.69, 9.17) is 27.7 Å². The van der Waals surface area contributed by atoms with E-state index in [1.807, 2.05) is 13.8 Å². The average Bonchev–Trinajstić information content (AvgIpc) is 2.61. The highest BCUT2D eigenvalue weighted by Crippen LogP contribution is 2.22. The van der Waals surface area contributed by atoms with Crippen molar-refractivity contribution in [2.45, 2.75) is 20.4 Å². The summed E-state index contributed by atoms with van der Waals surface area (Å²) in [6, 6.07) is 1.62. The van der Waals surface area contributed by atoms with Gasteiger partial charge in [-0.3, -0.25) is 0 Å². The normalized spacial score (nSPS) is 10.6. The zero-order valence-electron chi connectivity index (χ0n) is 9.29. The van der Waals surface area contributed by atoms with Crippen LogP contribution >= 0.6 is 23.2 Å². The van der Waals surface area contributed by atoms with Crippen LogP contribution in [0.3, 0.4) is 0 Å². The molecule has 2 aromatic rings. The molecule has 0 saturated carbocycles. The average molecular weight is 273 g/mol. The van der Waals surface area contributed by atoms with Crippen molar-refractivity contribution in [3.05, 3.63) is 33.4 Å². The van der Waals surface area contributed by atoms with Crippen LogP contribution in [-0.2, 0) is 6.54 Å². The summed E-state index contributed by atoms with van der Waals surface area (Å²) in [5, 5.41) is 14.9. The zero-order valence-corrected chi connectivity index (χ0v) is 10.8. The first-order valence-electron chi connectivity index (χ1n) is 4.92. The van der Waals surface area contributed by atoms with Gasteiger partial charge in [0.15, 0.2) is 10.3 Å². The molecule has 0 radical (unpaired) electrons. The Labute approximate surface area is 108 Å². The summed E-state index contributed by atoms with van der Waals surface area (Å²) < 4.78 is 5.06. The molecule has 0 aromatic carbocycles. The second kappa shape index (κ2) is 4.89. The van der Waals surface area contributed by atoms with Crippen LogP contribution in [0.4, 0.5) is 5.69 Å². The van der Waals surface area contributed by atoms with Gasteiger partial charge in [-0.2, -0.15) is 0 Å². The van der Waals surface area contributed by atoms with E-state index in [1.165, 1.54) is 0 Å². The van der Waals surface area contributed by atoms with Crippen LogP contribution in [-0.4, -0.2) is 15.4 Å². The Morgan fingerprint density at radius 3 is 2.71 bits per heavy atom. The van der Waals surface area contributed by atoms with Crippen LogP contribution in [0, 0.1) is 13.8 Å². The van der Waals surface area contributed by atoms with Crippen LogP contribution in [0.5, 0.6) is 0 Å². The maximum absolute atomic E-state index is 5.88. The number of halogens is 2. The van der Waals surface area contributed by atoms with Crippen molar-refractivity contribution in [2.75, 3.05) is 5.32 Å². The summed E-state index contributed by atoms with van der Waals surface area (Å²) in [5.74, 6) is 0.777. The smallest absolute Gasteiger partial charge is 0.174 e. The van der Waals surface area contributed by atoms with Crippen LogP contribution in [0.25, 0.3) is 0 Å². The molecule has 0 aliphatic heterocycles. The molecule has 2 aromatic heterocycles. The fourth-order valence-electron chi connectivity index (χ4n) is 1.41. The van der Waals surface area contributed by atoms with Crippen molar-refractivity contribution in [2.24, 2.45) is 0 Å². The minimum atomic E-state index is 0.279. The van der Waals surface area contributed by atoms with Crippen molar-refractivity contribution in [3.8, 4) is 0 Å². The van der Waals surface area contributed by atoms with E-state index in [0.29, 0.717) is 12.2 Å². The standard InChI is InChI=1S/C10H10Cl2N4O/c1-5-7(6(2)17-16-5)4-13-8-3-9(11)14-15-10(8)12/h3H,4H2,1-2H3,(H,13,14). The Morgan fingerprint density at radius 1 is 1.29 bits per heavy atom. The van der Waals surface area contributed by atoms with Gasteiger partial charge in [0.05, 0.1) is 11.4 Å². The number of nitrogens with one attached hydrogen (secondary N) is 1. The molecule has 0 saturated heterocycles. The Kier molecular flexibility index (Phi) is 3.49. The lowest BCUT2D eigenvalue weighted by molar-refractivity contribution is 0.392. The maximum Gasteiger partial charge on any atom is 0.174 e. The third-order valence-corrected chi connectivity index (χ3v) is 2.82. The highest BCUT2D eigenvalue weighted by atomic mass is 35.5. The number of rotatable bonds is 3. The predicted molar refractivity (Wildman–Crippen MR) is 65.4 cm³/mol. The van der Waals surface area contributed by atoms with E-state index in [2.05, 4.69) is 20.7 Å². The minimum absolute atomic E-state index is 0.279. The van der Waals surface area contributed by atoms with E-state index >= 15 is 0 Å². The van der Waals surface area contributed by atoms with Gasteiger partial charge in [0.2, 0.25) is 0 Å². The fourth-order valence-corrected chi connectivity index (χ4v) is 1.72. The molecule has 17 heavy (non-hydrogen) atoms. The Morgan fingerprint density at radius 2 is 2.06 bits per heavy atom. The molecule has 0 fully saturated rings. The first-order valence-corrected chi connectivity index (χ1v) is 5.68. The molecular formula is C10H10Cl2N4O. The van der Waals surface area contributed by atoms with Crippen molar-refractivity contribution >= 4 is 28.9 Å². The van der Waals surface area contributed by atoms with Gasteiger partial charge in [0, 0.05) is 18.2 Å². The summed E-state index contributed by atoms with van der Waals surface area (Å²) in [4.78, 5) is 0. The number of nitrogens with zero attached hydrogens (tertiary/aromatic N) is 3. The van der Waals surface area contributed by atoms with Gasteiger partial charge in [-0.1, -0.05) is 28.4 Å². The topological polar surface area (TPSA) is 63.8 Å². The van der Waals surface area contributed by atoms with Crippen LogP contribution in [0.15, 0.2) is 10.6 Å². The highest BCUT2D eigenvalue weighted by molar-refractivity contribution is 6.33. The molecule has 90 valence electrons. The van der Waals surface area contributed by atoms with E-state index in [9.17, 15) is 0 Å². The van der Waals surface area contributed by atoms with Gasteiger partial charge in [-0.25, -0.2) is 0 Å². The first-order chi connectivity index (χ1) is 8.08. The van der Waals surface area contributed by atoms with Crippen molar-refractivity contribution in [1.82, 2.24) is 15.4 Å². The molecule has 0 aliphatic rings. The predicted octanol–water partition coefficient (Wildman–Crippen LogP) is 3.00. The second-order valence-corrected chi connectivity index (χ2v) is 4.27. The van der Waals surface area contributed by atoms with Gasteiger partial charge >= 0.3 is 0 Å². The summed E-state index contributed by atoms with van der Waals surface area (Å²) in [6.07, 6.45) is 0. The van der Waals surface area contributed by atoms with E-state index in [1.54, 1.807) is 6.07 Å². The van der Waals surface area contributed by atoms with Crippen LogP contribution in [0.1, 0.15) is 17.0 Å². The van der Waals surface area contributed by atoms with Crippen LogP contribution < -0.4 is 5.32 Å². The Bertz CT molecular complexity index is 522. The number of aromatic nitrogens is 3. The second-order valence-electron chi connectivity index (χ2n) is 3.53. The molecule has 0 unspecified atom stereocenters. The molecule has 0 atom stereocenters. The minimum Gasteiger partial charge on any atom is -0.378 e. The first kappa shape index (κ1) is 12.1.